The predicted molar refractivity (Wildman–Crippen MR) is 133 cm³/mol. The third kappa shape index (κ3) is 6.44. The van der Waals surface area contributed by atoms with Gasteiger partial charge in [-0.15, -0.1) is 0 Å². The van der Waals surface area contributed by atoms with Crippen molar-refractivity contribution in [3.05, 3.63) is 53.8 Å². The first-order valence-electron chi connectivity index (χ1n) is 12.0. The van der Waals surface area contributed by atoms with E-state index < -0.39 is 0 Å². The van der Waals surface area contributed by atoms with Gasteiger partial charge in [0.25, 0.3) is 0 Å². The SMILES string of the molecule is CC1CCC(n2ccc3c(F)cccc32)CC1.CCCCN(CCC)c1cncc(Cl)n1. The van der Waals surface area contributed by atoms with Crippen molar-refractivity contribution in [2.45, 2.75) is 71.8 Å². The van der Waals surface area contributed by atoms with Gasteiger partial charge in [0.1, 0.15) is 16.8 Å². The average Bonchev–Trinajstić information content (AvgIpc) is 3.23. The Kier molecular flexibility index (Phi) is 9.34. The summed E-state index contributed by atoms with van der Waals surface area (Å²) in [4.78, 5) is 10.6. The molecule has 174 valence electrons. The van der Waals surface area contributed by atoms with Crippen molar-refractivity contribution >= 4 is 28.3 Å². The lowest BCUT2D eigenvalue weighted by atomic mass is 9.87. The van der Waals surface area contributed by atoms with Crippen molar-refractivity contribution in [1.29, 1.82) is 0 Å². The van der Waals surface area contributed by atoms with Crippen LogP contribution in [-0.4, -0.2) is 27.6 Å². The zero-order valence-corrected chi connectivity index (χ0v) is 20.4. The van der Waals surface area contributed by atoms with Gasteiger partial charge in [-0.25, -0.2) is 9.37 Å². The smallest absolute Gasteiger partial charge is 0.149 e. The summed E-state index contributed by atoms with van der Waals surface area (Å²) in [7, 11) is 0. The van der Waals surface area contributed by atoms with Crippen LogP contribution in [0.3, 0.4) is 0 Å². The molecule has 0 aliphatic heterocycles. The number of nitrogens with zero attached hydrogens (tertiary/aromatic N) is 4. The minimum absolute atomic E-state index is 0.106. The minimum atomic E-state index is -0.106. The third-order valence-electron chi connectivity index (χ3n) is 6.28. The molecule has 0 N–H and O–H groups in total. The fraction of sp³-hybridized carbons (Fsp3) is 0.538. The van der Waals surface area contributed by atoms with Crippen LogP contribution in [0.4, 0.5) is 10.2 Å². The molecule has 0 atom stereocenters. The first kappa shape index (κ1) is 24.5. The maximum absolute atomic E-state index is 13.6. The summed E-state index contributed by atoms with van der Waals surface area (Å²) in [6.07, 6.45) is 13.9. The normalized spacial score (nSPS) is 18.3. The first-order valence-corrected chi connectivity index (χ1v) is 12.4. The molecule has 3 aromatic rings. The van der Waals surface area contributed by atoms with Crippen molar-refractivity contribution in [3.8, 4) is 0 Å². The number of aromatic nitrogens is 3. The van der Waals surface area contributed by atoms with E-state index in [4.69, 9.17) is 11.6 Å². The Bertz CT molecular complexity index is 965. The van der Waals surface area contributed by atoms with Gasteiger partial charge in [0.05, 0.1) is 17.9 Å². The quantitative estimate of drug-likeness (QED) is 0.364. The summed E-state index contributed by atoms with van der Waals surface area (Å²) in [5.74, 6) is 1.63. The standard InChI is InChI=1S/C15H18FN.C11H18ClN3/c1-11-5-7-12(8-6-11)17-10-9-13-14(16)3-2-4-15(13)17;1-3-5-7-15(6-4-2)11-9-13-8-10(12)14-11/h2-4,9-12H,5-8H2,1H3;8-9H,3-7H2,1-2H3. The largest absolute Gasteiger partial charge is 0.355 e. The summed E-state index contributed by atoms with van der Waals surface area (Å²) < 4.78 is 15.9. The molecule has 2 aromatic heterocycles. The van der Waals surface area contributed by atoms with Gasteiger partial charge in [-0.2, -0.15) is 0 Å². The molecule has 4 nitrogen and oxygen atoms in total. The topological polar surface area (TPSA) is 34.0 Å². The van der Waals surface area contributed by atoms with Crippen LogP contribution in [0.2, 0.25) is 5.15 Å². The molecule has 32 heavy (non-hydrogen) atoms. The monoisotopic (exact) mass is 458 g/mol. The second-order valence-electron chi connectivity index (χ2n) is 8.85. The predicted octanol–water partition coefficient (Wildman–Crippen LogP) is 7.68. The first-order chi connectivity index (χ1) is 15.5. The third-order valence-corrected chi connectivity index (χ3v) is 6.46. The van der Waals surface area contributed by atoms with E-state index >= 15 is 0 Å². The molecule has 1 fully saturated rings. The Balaban J connectivity index is 0.000000183. The molecule has 4 rings (SSSR count). The van der Waals surface area contributed by atoms with E-state index in [1.807, 2.05) is 12.1 Å². The molecule has 1 aliphatic rings. The molecule has 0 spiro atoms. The summed E-state index contributed by atoms with van der Waals surface area (Å²) in [5.41, 5.74) is 1.05. The zero-order chi connectivity index (χ0) is 22.9. The molecule has 6 heteroatoms. The molecular weight excluding hydrogens is 423 g/mol. The summed E-state index contributed by atoms with van der Waals surface area (Å²) in [5, 5.41) is 1.22. The highest BCUT2D eigenvalue weighted by atomic mass is 35.5. The van der Waals surface area contributed by atoms with Crippen LogP contribution in [0.15, 0.2) is 42.9 Å². The van der Waals surface area contributed by atoms with E-state index in [2.05, 4.69) is 46.4 Å². The lowest BCUT2D eigenvalue weighted by molar-refractivity contribution is 0.294. The number of hydrogen-bond acceptors (Lipinski definition) is 3. The Morgan fingerprint density at radius 3 is 2.53 bits per heavy atom. The van der Waals surface area contributed by atoms with Crippen molar-refractivity contribution < 1.29 is 4.39 Å². The van der Waals surface area contributed by atoms with Crippen LogP contribution in [0, 0.1) is 11.7 Å². The highest BCUT2D eigenvalue weighted by Crippen LogP contribution is 2.34. The highest BCUT2D eigenvalue weighted by molar-refractivity contribution is 6.29. The second-order valence-corrected chi connectivity index (χ2v) is 9.24. The van der Waals surface area contributed by atoms with Crippen LogP contribution in [-0.2, 0) is 0 Å². The van der Waals surface area contributed by atoms with Crippen molar-refractivity contribution in [1.82, 2.24) is 14.5 Å². The van der Waals surface area contributed by atoms with Crippen LogP contribution < -0.4 is 4.90 Å². The number of fused-ring (bicyclic) bond motifs is 1. The van der Waals surface area contributed by atoms with E-state index in [1.54, 1.807) is 18.5 Å². The van der Waals surface area contributed by atoms with Crippen molar-refractivity contribution in [2.75, 3.05) is 18.0 Å². The van der Waals surface area contributed by atoms with E-state index in [0.29, 0.717) is 11.2 Å². The number of halogens is 2. The van der Waals surface area contributed by atoms with E-state index in [9.17, 15) is 4.39 Å². The molecule has 0 bridgehead atoms. The Morgan fingerprint density at radius 2 is 1.84 bits per heavy atom. The Morgan fingerprint density at radius 1 is 1.06 bits per heavy atom. The minimum Gasteiger partial charge on any atom is -0.355 e. The van der Waals surface area contributed by atoms with Crippen LogP contribution in [0.5, 0.6) is 0 Å². The summed E-state index contributed by atoms with van der Waals surface area (Å²) >= 11 is 5.82. The maximum Gasteiger partial charge on any atom is 0.149 e. The number of benzene rings is 1. The molecule has 1 aromatic carbocycles. The zero-order valence-electron chi connectivity index (χ0n) is 19.6. The molecule has 0 unspecified atom stereocenters. The second kappa shape index (κ2) is 12.2. The van der Waals surface area contributed by atoms with Gasteiger partial charge < -0.3 is 9.47 Å². The average molecular weight is 459 g/mol. The summed E-state index contributed by atoms with van der Waals surface area (Å²) in [6.45, 7) is 8.71. The van der Waals surface area contributed by atoms with E-state index in [1.165, 1.54) is 44.6 Å². The molecular formula is C26H36ClFN4. The van der Waals surface area contributed by atoms with Gasteiger partial charge in [0, 0.05) is 30.7 Å². The van der Waals surface area contributed by atoms with Gasteiger partial charge >= 0.3 is 0 Å². The lowest BCUT2D eigenvalue weighted by Crippen LogP contribution is -2.26. The number of hydrogen-bond donors (Lipinski definition) is 0. The van der Waals surface area contributed by atoms with Gasteiger partial charge in [0.15, 0.2) is 0 Å². The van der Waals surface area contributed by atoms with Crippen LogP contribution >= 0.6 is 11.6 Å². The maximum atomic E-state index is 13.6. The van der Waals surface area contributed by atoms with Crippen LogP contribution in [0.25, 0.3) is 10.9 Å². The number of anilines is 1. The summed E-state index contributed by atoms with van der Waals surface area (Å²) in [6, 6.07) is 7.83. The number of unbranched alkanes of at least 4 members (excludes halogenated alkanes) is 1. The van der Waals surface area contributed by atoms with Gasteiger partial charge in [-0.05, 0) is 62.6 Å². The Labute approximate surface area is 196 Å². The molecule has 1 saturated carbocycles. The van der Waals surface area contributed by atoms with E-state index in [0.717, 1.165) is 42.1 Å². The van der Waals surface area contributed by atoms with Crippen LogP contribution in [0.1, 0.15) is 71.8 Å². The fourth-order valence-corrected chi connectivity index (χ4v) is 4.58. The molecule has 1 aliphatic carbocycles. The molecule has 0 amide bonds. The van der Waals surface area contributed by atoms with Gasteiger partial charge in [-0.3, -0.25) is 4.98 Å². The van der Waals surface area contributed by atoms with Crippen molar-refractivity contribution in [2.24, 2.45) is 5.92 Å². The molecule has 2 heterocycles. The van der Waals surface area contributed by atoms with Gasteiger partial charge in [-0.1, -0.05) is 44.9 Å². The lowest BCUT2D eigenvalue weighted by Gasteiger charge is -2.28. The highest BCUT2D eigenvalue weighted by Gasteiger charge is 2.20. The Hall–Kier alpha value is -2.14. The van der Waals surface area contributed by atoms with Crippen molar-refractivity contribution in [3.63, 3.8) is 0 Å². The number of rotatable bonds is 7. The molecule has 0 saturated heterocycles. The molecule has 0 radical (unpaired) electrons. The van der Waals surface area contributed by atoms with Gasteiger partial charge in [0.2, 0.25) is 0 Å². The van der Waals surface area contributed by atoms with E-state index in [-0.39, 0.29) is 5.82 Å². The fourth-order valence-electron chi connectivity index (χ4n) is 4.43.